The van der Waals surface area contributed by atoms with Crippen molar-refractivity contribution in [3.8, 4) is 5.75 Å². The average molecular weight is 275 g/mol. The highest BCUT2D eigenvalue weighted by molar-refractivity contribution is 5.36. The molecule has 0 fully saturated rings. The molecule has 2 nitrogen and oxygen atoms in total. The number of halogens is 2. The van der Waals surface area contributed by atoms with Gasteiger partial charge in [0.1, 0.15) is 5.75 Å². The fraction of sp³-hybridized carbons (Fsp3) is 0.250. The molecule has 104 valence electrons. The smallest absolute Gasteiger partial charge is 0.163 e. The molecule has 0 saturated heterocycles. The summed E-state index contributed by atoms with van der Waals surface area (Å²) in [6.45, 7) is 0.411. The van der Waals surface area contributed by atoms with Crippen LogP contribution in [0.3, 0.4) is 0 Å². The Hall–Kier alpha value is -1.94. The van der Waals surface area contributed by atoms with E-state index >= 15 is 0 Å². The molecule has 2 N–H and O–H groups in total. The SMILES string of the molecule is NC(c1cccc(F)c1F)C1COc2ccccc2C1. The van der Waals surface area contributed by atoms with Gasteiger partial charge in [-0.2, -0.15) is 0 Å². The summed E-state index contributed by atoms with van der Waals surface area (Å²) in [4.78, 5) is 0. The first kappa shape index (κ1) is 13.1. The summed E-state index contributed by atoms with van der Waals surface area (Å²) in [6, 6.07) is 11.2. The van der Waals surface area contributed by atoms with Crippen molar-refractivity contribution < 1.29 is 13.5 Å². The number of nitrogens with two attached hydrogens (primary N) is 1. The summed E-state index contributed by atoms with van der Waals surface area (Å²) in [6.07, 6.45) is 0.702. The number of para-hydroxylation sites is 1. The first-order valence-electron chi connectivity index (χ1n) is 6.57. The molecule has 0 amide bonds. The van der Waals surface area contributed by atoms with Crippen molar-refractivity contribution in [1.82, 2.24) is 0 Å². The van der Waals surface area contributed by atoms with Gasteiger partial charge in [-0.05, 0) is 24.1 Å². The van der Waals surface area contributed by atoms with E-state index in [2.05, 4.69) is 0 Å². The third-order valence-electron chi connectivity index (χ3n) is 3.76. The average Bonchev–Trinajstić information content (AvgIpc) is 2.49. The van der Waals surface area contributed by atoms with Gasteiger partial charge in [0.05, 0.1) is 6.61 Å². The molecule has 4 heteroatoms. The summed E-state index contributed by atoms with van der Waals surface area (Å²) >= 11 is 0. The quantitative estimate of drug-likeness (QED) is 0.913. The van der Waals surface area contributed by atoms with Crippen LogP contribution in [0.1, 0.15) is 17.2 Å². The summed E-state index contributed by atoms with van der Waals surface area (Å²) in [5.41, 5.74) is 7.37. The fourth-order valence-corrected chi connectivity index (χ4v) is 2.61. The molecule has 0 radical (unpaired) electrons. The van der Waals surface area contributed by atoms with Crippen LogP contribution in [0.4, 0.5) is 8.78 Å². The Kier molecular flexibility index (Phi) is 3.40. The van der Waals surface area contributed by atoms with Gasteiger partial charge >= 0.3 is 0 Å². The van der Waals surface area contributed by atoms with Gasteiger partial charge in [0.2, 0.25) is 0 Å². The van der Waals surface area contributed by atoms with Gasteiger partial charge in [0, 0.05) is 17.5 Å². The van der Waals surface area contributed by atoms with Crippen molar-refractivity contribution in [3.05, 3.63) is 65.2 Å². The first-order chi connectivity index (χ1) is 9.66. The van der Waals surface area contributed by atoms with E-state index in [9.17, 15) is 8.78 Å². The maximum atomic E-state index is 13.8. The first-order valence-corrected chi connectivity index (χ1v) is 6.57. The number of rotatable bonds is 2. The number of hydrogen-bond donors (Lipinski definition) is 1. The van der Waals surface area contributed by atoms with E-state index in [4.69, 9.17) is 10.5 Å². The molecule has 0 saturated carbocycles. The lowest BCUT2D eigenvalue weighted by Gasteiger charge is -2.30. The van der Waals surface area contributed by atoms with Crippen LogP contribution < -0.4 is 10.5 Å². The van der Waals surface area contributed by atoms with Crippen LogP contribution in [-0.2, 0) is 6.42 Å². The molecule has 0 bridgehead atoms. The molecular formula is C16H15F2NO. The van der Waals surface area contributed by atoms with E-state index in [-0.39, 0.29) is 11.5 Å². The summed E-state index contributed by atoms with van der Waals surface area (Å²) < 4.78 is 32.7. The predicted molar refractivity (Wildman–Crippen MR) is 72.4 cm³/mol. The molecule has 0 aromatic heterocycles. The largest absolute Gasteiger partial charge is 0.493 e. The van der Waals surface area contributed by atoms with Gasteiger partial charge in [-0.1, -0.05) is 30.3 Å². The third-order valence-corrected chi connectivity index (χ3v) is 3.76. The molecule has 3 rings (SSSR count). The van der Waals surface area contributed by atoms with E-state index in [0.717, 1.165) is 17.4 Å². The molecule has 1 aliphatic rings. The summed E-state index contributed by atoms with van der Waals surface area (Å²) in [5.74, 6) is -0.953. The van der Waals surface area contributed by atoms with E-state index in [1.54, 1.807) is 0 Å². The van der Waals surface area contributed by atoms with Gasteiger partial charge in [-0.25, -0.2) is 8.78 Å². The van der Waals surface area contributed by atoms with Crippen molar-refractivity contribution in [3.63, 3.8) is 0 Å². The number of benzene rings is 2. The van der Waals surface area contributed by atoms with E-state index in [0.29, 0.717) is 13.0 Å². The molecule has 1 heterocycles. The maximum absolute atomic E-state index is 13.8. The number of ether oxygens (including phenoxy) is 1. The van der Waals surface area contributed by atoms with Crippen LogP contribution in [0.5, 0.6) is 5.75 Å². The van der Waals surface area contributed by atoms with Gasteiger partial charge in [-0.3, -0.25) is 0 Å². The standard InChI is InChI=1S/C16H15F2NO/c17-13-6-3-5-12(15(13)18)16(19)11-8-10-4-1-2-7-14(10)20-9-11/h1-7,11,16H,8-9,19H2. The van der Waals surface area contributed by atoms with Crippen LogP contribution in [0.2, 0.25) is 0 Å². The molecule has 2 aromatic rings. The van der Waals surface area contributed by atoms with Gasteiger partial charge in [0.15, 0.2) is 11.6 Å². The van der Waals surface area contributed by atoms with Crippen LogP contribution >= 0.6 is 0 Å². The lowest BCUT2D eigenvalue weighted by Crippen LogP contribution is -2.32. The fourth-order valence-electron chi connectivity index (χ4n) is 2.61. The van der Waals surface area contributed by atoms with E-state index < -0.39 is 17.7 Å². The van der Waals surface area contributed by atoms with Gasteiger partial charge < -0.3 is 10.5 Å². The second kappa shape index (κ2) is 5.21. The van der Waals surface area contributed by atoms with Crippen LogP contribution in [0.15, 0.2) is 42.5 Å². The Bertz CT molecular complexity index is 630. The van der Waals surface area contributed by atoms with Crippen molar-refractivity contribution in [1.29, 1.82) is 0 Å². The van der Waals surface area contributed by atoms with Gasteiger partial charge in [-0.15, -0.1) is 0 Å². The van der Waals surface area contributed by atoms with Crippen molar-refractivity contribution in [2.24, 2.45) is 11.7 Å². The number of fused-ring (bicyclic) bond motifs is 1. The van der Waals surface area contributed by atoms with Crippen LogP contribution in [0.25, 0.3) is 0 Å². The Morgan fingerprint density at radius 1 is 1.10 bits per heavy atom. The third kappa shape index (κ3) is 2.27. The second-order valence-corrected chi connectivity index (χ2v) is 5.05. The highest BCUT2D eigenvalue weighted by atomic mass is 19.2. The Morgan fingerprint density at radius 2 is 1.90 bits per heavy atom. The van der Waals surface area contributed by atoms with Crippen molar-refractivity contribution in [2.75, 3.05) is 6.61 Å². The summed E-state index contributed by atoms with van der Waals surface area (Å²) in [7, 11) is 0. The second-order valence-electron chi connectivity index (χ2n) is 5.05. The molecule has 0 aliphatic carbocycles. The zero-order valence-electron chi connectivity index (χ0n) is 10.9. The Balaban J connectivity index is 1.86. The number of hydrogen-bond acceptors (Lipinski definition) is 2. The van der Waals surface area contributed by atoms with Crippen LogP contribution in [0, 0.1) is 17.6 Å². The summed E-state index contributed by atoms with van der Waals surface area (Å²) in [5, 5.41) is 0. The van der Waals surface area contributed by atoms with E-state index in [1.807, 2.05) is 24.3 Å². The minimum Gasteiger partial charge on any atom is -0.493 e. The molecule has 0 spiro atoms. The van der Waals surface area contributed by atoms with Crippen molar-refractivity contribution in [2.45, 2.75) is 12.5 Å². The minimum atomic E-state index is -0.866. The molecule has 2 atom stereocenters. The van der Waals surface area contributed by atoms with E-state index in [1.165, 1.54) is 12.1 Å². The Morgan fingerprint density at radius 3 is 2.75 bits per heavy atom. The lowest BCUT2D eigenvalue weighted by atomic mass is 9.87. The van der Waals surface area contributed by atoms with Crippen LogP contribution in [-0.4, -0.2) is 6.61 Å². The zero-order chi connectivity index (χ0) is 14.1. The predicted octanol–water partition coefficient (Wildman–Crippen LogP) is 3.22. The molecule has 2 unspecified atom stereocenters. The minimum absolute atomic E-state index is 0.0683. The van der Waals surface area contributed by atoms with Crippen molar-refractivity contribution >= 4 is 0 Å². The zero-order valence-corrected chi connectivity index (χ0v) is 10.9. The van der Waals surface area contributed by atoms with Gasteiger partial charge in [0.25, 0.3) is 0 Å². The lowest BCUT2D eigenvalue weighted by molar-refractivity contribution is 0.198. The highest BCUT2D eigenvalue weighted by Gasteiger charge is 2.28. The Labute approximate surface area is 116 Å². The molecule has 2 aromatic carbocycles. The maximum Gasteiger partial charge on any atom is 0.163 e. The monoisotopic (exact) mass is 275 g/mol. The normalized spacial score (nSPS) is 19.1. The topological polar surface area (TPSA) is 35.2 Å². The molecule has 1 aliphatic heterocycles. The highest BCUT2D eigenvalue weighted by Crippen LogP contribution is 2.33. The molecule has 20 heavy (non-hydrogen) atoms. The molecular weight excluding hydrogens is 260 g/mol.